The molecule has 0 saturated heterocycles. The van der Waals surface area contributed by atoms with Crippen LogP contribution in [0.5, 0.6) is 0 Å². The first kappa shape index (κ1) is 14.2. The summed E-state index contributed by atoms with van der Waals surface area (Å²) in [6.45, 7) is 0. The maximum atomic E-state index is 14.3. The van der Waals surface area contributed by atoms with E-state index in [2.05, 4.69) is 0 Å². The Morgan fingerprint density at radius 2 is 1.50 bits per heavy atom. The van der Waals surface area contributed by atoms with Gasteiger partial charge in [0.25, 0.3) is 0 Å². The lowest BCUT2D eigenvalue weighted by Crippen LogP contribution is -2.27. The number of halogens is 2. The SMILES string of the molecule is N#Cc1ccccc1C(F)(F)S(=O)(=O)c1ccccc1. The predicted molar refractivity (Wildman–Crippen MR) is 68.7 cm³/mol. The Balaban J connectivity index is 2.64. The lowest BCUT2D eigenvalue weighted by molar-refractivity contribution is 0.0902. The van der Waals surface area contributed by atoms with Crippen molar-refractivity contribution in [1.29, 1.82) is 5.26 Å². The van der Waals surface area contributed by atoms with Crippen LogP contribution < -0.4 is 0 Å². The largest absolute Gasteiger partial charge is 0.376 e. The minimum absolute atomic E-state index is 0.364. The van der Waals surface area contributed by atoms with Crippen molar-refractivity contribution < 1.29 is 17.2 Å². The number of nitrogens with zero attached hydrogens (tertiary/aromatic N) is 1. The molecule has 0 heterocycles. The molecule has 20 heavy (non-hydrogen) atoms. The molecule has 102 valence electrons. The first-order valence-corrected chi connectivity index (χ1v) is 7.06. The van der Waals surface area contributed by atoms with Crippen molar-refractivity contribution >= 4 is 9.84 Å². The highest BCUT2D eigenvalue weighted by molar-refractivity contribution is 7.92. The minimum Gasteiger partial charge on any atom is -0.217 e. The Hall–Kier alpha value is -2.26. The van der Waals surface area contributed by atoms with E-state index < -0.39 is 25.6 Å². The molecule has 6 heteroatoms. The van der Waals surface area contributed by atoms with Crippen LogP contribution in [0.15, 0.2) is 59.5 Å². The van der Waals surface area contributed by atoms with Crippen molar-refractivity contribution in [3.8, 4) is 6.07 Å². The molecule has 2 aromatic carbocycles. The van der Waals surface area contributed by atoms with Crippen molar-refractivity contribution in [3.05, 3.63) is 65.7 Å². The second-order valence-electron chi connectivity index (χ2n) is 3.99. The average molecular weight is 293 g/mol. The second kappa shape index (κ2) is 5.02. The Kier molecular flexibility index (Phi) is 3.55. The van der Waals surface area contributed by atoms with Gasteiger partial charge in [0.2, 0.25) is 9.84 Å². The third kappa shape index (κ3) is 2.17. The summed E-state index contributed by atoms with van der Waals surface area (Å²) in [6.07, 6.45) is 0. The van der Waals surface area contributed by atoms with Gasteiger partial charge in [-0.05, 0) is 18.2 Å². The summed E-state index contributed by atoms with van der Waals surface area (Å²) < 4.78 is 52.8. The molecule has 3 nitrogen and oxygen atoms in total. The fraction of sp³-hybridized carbons (Fsp3) is 0.0714. The zero-order valence-corrected chi connectivity index (χ0v) is 10.9. The van der Waals surface area contributed by atoms with E-state index in [1.807, 2.05) is 0 Å². The number of nitriles is 1. The molecule has 0 atom stereocenters. The summed E-state index contributed by atoms with van der Waals surface area (Å²) in [6, 6.07) is 12.8. The van der Waals surface area contributed by atoms with Crippen LogP contribution in [0.25, 0.3) is 0 Å². The summed E-state index contributed by atoms with van der Waals surface area (Å²) in [7, 11) is -4.91. The molecule has 2 rings (SSSR count). The number of benzene rings is 2. The number of sulfone groups is 1. The van der Waals surface area contributed by atoms with E-state index in [1.54, 1.807) is 6.07 Å². The number of hydrogen-bond donors (Lipinski definition) is 0. The molecule has 0 aliphatic carbocycles. The van der Waals surface area contributed by atoms with E-state index in [0.29, 0.717) is 0 Å². The van der Waals surface area contributed by atoms with E-state index in [-0.39, 0.29) is 5.56 Å². The van der Waals surface area contributed by atoms with Crippen LogP contribution >= 0.6 is 0 Å². The molecule has 0 aliphatic rings. The van der Waals surface area contributed by atoms with Gasteiger partial charge in [-0.3, -0.25) is 0 Å². The number of alkyl halides is 2. The summed E-state index contributed by atoms with van der Waals surface area (Å²) in [5.74, 6) is 0. The van der Waals surface area contributed by atoms with E-state index in [4.69, 9.17) is 5.26 Å². The van der Waals surface area contributed by atoms with E-state index in [0.717, 1.165) is 24.3 Å². The highest BCUT2D eigenvalue weighted by atomic mass is 32.2. The summed E-state index contributed by atoms with van der Waals surface area (Å²) >= 11 is 0. The number of rotatable bonds is 3. The molecule has 0 amide bonds. The second-order valence-corrected chi connectivity index (χ2v) is 5.98. The Morgan fingerprint density at radius 3 is 2.10 bits per heavy atom. The minimum atomic E-state index is -4.91. The highest BCUT2D eigenvalue weighted by Crippen LogP contribution is 2.39. The molecule has 0 aromatic heterocycles. The molecular formula is C14H9F2NO2S. The topological polar surface area (TPSA) is 57.9 Å². The van der Waals surface area contributed by atoms with Gasteiger partial charge in [-0.15, -0.1) is 0 Å². The van der Waals surface area contributed by atoms with Gasteiger partial charge in [0.05, 0.1) is 22.1 Å². The van der Waals surface area contributed by atoms with Gasteiger partial charge in [-0.2, -0.15) is 14.0 Å². The van der Waals surface area contributed by atoms with Gasteiger partial charge in [0.15, 0.2) is 0 Å². The van der Waals surface area contributed by atoms with Gasteiger partial charge in [0.1, 0.15) is 0 Å². The standard InChI is InChI=1S/C14H9F2NO2S/c15-14(16,13-9-5-4-6-11(13)10-17)20(18,19)12-7-2-1-3-8-12/h1-9H. The van der Waals surface area contributed by atoms with Gasteiger partial charge in [-0.1, -0.05) is 36.4 Å². The van der Waals surface area contributed by atoms with Crippen molar-refractivity contribution in [2.45, 2.75) is 10.2 Å². The Bertz CT molecular complexity index is 765. The maximum Gasteiger partial charge on any atom is 0.376 e. The Morgan fingerprint density at radius 1 is 0.950 bits per heavy atom. The molecule has 0 fully saturated rings. The smallest absolute Gasteiger partial charge is 0.217 e. The predicted octanol–water partition coefficient (Wildman–Crippen LogP) is 3.08. The molecular weight excluding hydrogens is 284 g/mol. The van der Waals surface area contributed by atoms with Crippen LogP contribution in [-0.2, 0) is 15.1 Å². The lowest BCUT2D eigenvalue weighted by atomic mass is 10.1. The fourth-order valence-electron chi connectivity index (χ4n) is 1.73. The van der Waals surface area contributed by atoms with Crippen LogP contribution in [0, 0.1) is 11.3 Å². The summed E-state index contributed by atoms with van der Waals surface area (Å²) in [4.78, 5) is -0.488. The van der Waals surface area contributed by atoms with Crippen LogP contribution in [-0.4, -0.2) is 8.42 Å². The fourth-order valence-corrected chi connectivity index (χ4v) is 3.01. The van der Waals surface area contributed by atoms with E-state index in [9.17, 15) is 17.2 Å². The van der Waals surface area contributed by atoms with Crippen molar-refractivity contribution in [3.63, 3.8) is 0 Å². The summed E-state index contributed by atoms with van der Waals surface area (Å²) in [5, 5.41) is 4.67. The molecule has 0 spiro atoms. The zero-order chi connectivity index (χ0) is 14.8. The molecule has 0 aliphatic heterocycles. The highest BCUT2D eigenvalue weighted by Gasteiger charge is 2.49. The Labute approximate surface area is 115 Å². The van der Waals surface area contributed by atoms with Crippen molar-refractivity contribution in [2.75, 3.05) is 0 Å². The van der Waals surface area contributed by atoms with Gasteiger partial charge >= 0.3 is 5.25 Å². The molecule has 0 unspecified atom stereocenters. The monoisotopic (exact) mass is 293 g/mol. The van der Waals surface area contributed by atoms with Crippen LogP contribution in [0.1, 0.15) is 11.1 Å². The van der Waals surface area contributed by atoms with Crippen molar-refractivity contribution in [1.82, 2.24) is 0 Å². The molecule has 0 radical (unpaired) electrons. The normalized spacial score (nSPS) is 11.8. The lowest BCUT2D eigenvalue weighted by Gasteiger charge is -2.18. The van der Waals surface area contributed by atoms with Gasteiger partial charge < -0.3 is 0 Å². The van der Waals surface area contributed by atoms with E-state index in [1.165, 1.54) is 30.3 Å². The van der Waals surface area contributed by atoms with Gasteiger partial charge in [-0.25, -0.2) is 8.42 Å². The summed E-state index contributed by atoms with van der Waals surface area (Å²) in [5.41, 5.74) is -1.18. The van der Waals surface area contributed by atoms with Crippen LogP contribution in [0.2, 0.25) is 0 Å². The molecule has 2 aromatic rings. The maximum absolute atomic E-state index is 14.3. The molecule has 0 saturated carbocycles. The van der Waals surface area contributed by atoms with E-state index >= 15 is 0 Å². The third-order valence-corrected chi connectivity index (χ3v) is 4.54. The zero-order valence-electron chi connectivity index (χ0n) is 10.1. The first-order chi connectivity index (χ1) is 9.41. The van der Waals surface area contributed by atoms with Crippen LogP contribution in [0.4, 0.5) is 8.78 Å². The van der Waals surface area contributed by atoms with Crippen LogP contribution in [0.3, 0.4) is 0 Å². The quantitative estimate of drug-likeness (QED) is 0.873. The molecule has 0 N–H and O–H groups in total. The molecule has 0 bridgehead atoms. The first-order valence-electron chi connectivity index (χ1n) is 5.58. The average Bonchev–Trinajstić information content (AvgIpc) is 2.47. The van der Waals surface area contributed by atoms with Crippen molar-refractivity contribution in [2.24, 2.45) is 0 Å². The van der Waals surface area contributed by atoms with Gasteiger partial charge in [0, 0.05) is 0 Å². The number of hydrogen-bond acceptors (Lipinski definition) is 3. The third-order valence-electron chi connectivity index (χ3n) is 2.75.